The van der Waals surface area contributed by atoms with Crippen molar-refractivity contribution in [1.29, 1.82) is 0 Å². The fraction of sp³-hybridized carbons (Fsp3) is 0.400. The molecule has 0 saturated carbocycles. The fourth-order valence-electron chi connectivity index (χ4n) is 1.29. The molecule has 0 bridgehead atoms. The van der Waals surface area contributed by atoms with Crippen LogP contribution < -0.4 is 15.2 Å². The molecule has 1 aromatic carbocycles. The van der Waals surface area contributed by atoms with Crippen LogP contribution in [0.3, 0.4) is 0 Å². The Labute approximate surface area is 88.0 Å². The van der Waals surface area contributed by atoms with Crippen LogP contribution in [0.4, 0.5) is 0 Å². The summed E-state index contributed by atoms with van der Waals surface area (Å²) in [4.78, 5) is 0. The molecule has 0 saturated heterocycles. The highest BCUT2D eigenvalue weighted by Gasteiger charge is 2.15. The van der Waals surface area contributed by atoms with Gasteiger partial charge in [-0.05, 0) is 6.07 Å². The standard InChI is InChI=1S/C10H15NO4/c1-14-9-4-7(12)10(15-2)3-6(9)8(13)5-11/h3-4,8,12-13H,5,11H2,1-2H3. The van der Waals surface area contributed by atoms with Crippen molar-refractivity contribution in [2.45, 2.75) is 6.10 Å². The van der Waals surface area contributed by atoms with Gasteiger partial charge in [0.15, 0.2) is 11.5 Å². The first-order chi connectivity index (χ1) is 7.13. The number of aliphatic hydroxyl groups excluding tert-OH is 1. The van der Waals surface area contributed by atoms with Crippen molar-refractivity contribution in [2.24, 2.45) is 5.73 Å². The lowest BCUT2D eigenvalue weighted by Gasteiger charge is -2.15. The maximum absolute atomic E-state index is 9.61. The molecule has 0 heterocycles. The minimum atomic E-state index is -0.838. The number of aromatic hydroxyl groups is 1. The van der Waals surface area contributed by atoms with Crippen LogP contribution >= 0.6 is 0 Å². The average Bonchev–Trinajstić information content (AvgIpc) is 2.27. The molecular formula is C10H15NO4. The molecule has 0 radical (unpaired) electrons. The van der Waals surface area contributed by atoms with E-state index in [0.29, 0.717) is 11.3 Å². The number of hydrogen-bond donors (Lipinski definition) is 3. The molecule has 1 rings (SSSR count). The van der Waals surface area contributed by atoms with Crippen LogP contribution in [0.5, 0.6) is 17.2 Å². The monoisotopic (exact) mass is 213 g/mol. The van der Waals surface area contributed by atoms with Crippen LogP contribution in [0.15, 0.2) is 12.1 Å². The number of phenolic OH excluding ortho intramolecular Hbond substituents is 1. The van der Waals surface area contributed by atoms with Gasteiger partial charge in [-0.3, -0.25) is 0 Å². The third-order valence-corrected chi connectivity index (χ3v) is 2.11. The van der Waals surface area contributed by atoms with Crippen molar-refractivity contribution in [3.05, 3.63) is 17.7 Å². The first-order valence-electron chi connectivity index (χ1n) is 4.47. The van der Waals surface area contributed by atoms with Crippen molar-refractivity contribution >= 4 is 0 Å². The van der Waals surface area contributed by atoms with E-state index in [0.717, 1.165) is 0 Å². The van der Waals surface area contributed by atoms with Crippen LogP contribution in [0.1, 0.15) is 11.7 Å². The number of methoxy groups -OCH3 is 2. The zero-order chi connectivity index (χ0) is 11.4. The average molecular weight is 213 g/mol. The summed E-state index contributed by atoms with van der Waals surface area (Å²) in [6.07, 6.45) is -0.838. The minimum Gasteiger partial charge on any atom is -0.504 e. The SMILES string of the molecule is COc1cc(C(O)CN)c(OC)cc1O. The summed E-state index contributed by atoms with van der Waals surface area (Å²) in [6, 6.07) is 2.89. The molecule has 0 spiro atoms. The van der Waals surface area contributed by atoms with Crippen LogP contribution in [0, 0.1) is 0 Å². The predicted octanol–water partition coefficient (Wildman–Crippen LogP) is 0.401. The van der Waals surface area contributed by atoms with Gasteiger partial charge in [-0.1, -0.05) is 0 Å². The molecule has 0 aliphatic heterocycles. The second-order valence-corrected chi connectivity index (χ2v) is 3.02. The fourth-order valence-corrected chi connectivity index (χ4v) is 1.29. The second kappa shape index (κ2) is 4.86. The van der Waals surface area contributed by atoms with E-state index in [2.05, 4.69) is 0 Å². The zero-order valence-corrected chi connectivity index (χ0v) is 8.73. The van der Waals surface area contributed by atoms with Gasteiger partial charge >= 0.3 is 0 Å². The largest absolute Gasteiger partial charge is 0.504 e. The molecule has 0 aliphatic carbocycles. The Bertz CT molecular complexity index is 340. The summed E-state index contributed by atoms with van der Waals surface area (Å²) in [5.74, 6) is 0.617. The van der Waals surface area contributed by atoms with Crippen molar-refractivity contribution in [2.75, 3.05) is 20.8 Å². The smallest absolute Gasteiger partial charge is 0.161 e. The number of nitrogens with two attached hydrogens (primary N) is 1. The van der Waals surface area contributed by atoms with Gasteiger partial charge in [-0.15, -0.1) is 0 Å². The van der Waals surface area contributed by atoms with Gasteiger partial charge in [-0.2, -0.15) is 0 Å². The highest BCUT2D eigenvalue weighted by atomic mass is 16.5. The number of phenols is 1. The number of rotatable bonds is 4. The van der Waals surface area contributed by atoms with Crippen molar-refractivity contribution < 1.29 is 19.7 Å². The van der Waals surface area contributed by atoms with Gasteiger partial charge in [0.1, 0.15) is 5.75 Å². The number of hydrogen-bond acceptors (Lipinski definition) is 5. The molecule has 0 fully saturated rings. The van der Waals surface area contributed by atoms with Crippen molar-refractivity contribution in [1.82, 2.24) is 0 Å². The van der Waals surface area contributed by atoms with E-state index in [1.165, 1.54) is 26.4 Å². The van der Waals surface area contributed by atoms with E-state index in [1.54, 1.807) is 0 Å². The third-order valence-electron chi connectivity index (χ3n) is 2.11. The van der Waals surface area contributed by atoms with Gasteiger partial charge in [0.2, 0.25) is 0 Å². The third kappa shape index (κ3) is 2.31. The number of aliphatic hydroxyl groups is 1. The van der Waals surface area contributed by atoms with Gasteiger partial charge in [0, 0.05) is 18.2 Å². The summed E-state index contributed by atoms with van der Waals surface area (Å²) >= 11 is 0. The maximum Gasteiger partial charge on any atom is 0.161 e. The Morgan fingerprint density at radius 1 is 1.27 bits per heavy atom. The summed E-state index contributed by atoms with van der Waals surface area (Å²) in [5.41, 5.74) is 5.84. The van der Waals surface area contributed by atoms with Crippen molar-refractivity contribution in [3.8, 4) is 17.2 Å². The summed E-state index contributed by atoms with van der Waals surface area (Å²) < 4.78 is 9.94. The molecule has 0 aromatic heterocycles. The molecule has 5 heteroatoms. The molecule has 0 amide bonds. The summed E-state index contributed by atoms with van der Waals surface area (Å²) in [5, 5.41) is 19.1. The lowest BCUT2D eigenvalue weighted by molar-refractivity contribution is 0.181. The molecule has 5 nitrogen and oxygen atoms in total. The maximum atomic E-state index is 9.61. The van der Waals surface area contributed by atoms with Crippen LogP contribution in [-0.2, 0) is 0 Å². The summed E-state index contributed by atoms with van der Waals surface area (Å²) in [6.45, 7) is 0.0737. The van der Waals surface area contributed by atoms with E-state index >= 15 is 0 Å². The highest BCUT2D eigenvalue weighted by Crippen LogP contribution is 2.36. The van der Waals surface area contributed by atoms with Gasteiger partial charge < -0.3 is 25.4 Å². The zero-order valence-electron chi connectivity index (χ0n) is 8.73. The molecule has 1 atom stereocenters. The first kappa shape index (κ1) is 11.6. The van der Waals surface area contributed by atoms with E-state index in [-0.39, 0.29) is 18.0 Å². The predicted molar refractivity (Wildman–Crippen MR) is 55.2 cm³/mol. The normalized spacial score (nSPS) is 12.3. The molecule has 1 unspecified atom stereocenters. The second-order valence-electron chi connectivity index (χ2n) is 3.02. The Balaban J connectivity index is 3.22. The highest BCUT2D eigenvalue weighted by molar-refractivity contribution is 5.50. The van der Waals surface area contributed by atoms with Gasteiger partial charge in [0.25, 0.3) is 0 Å². The van der Waals surface area contributed by atoms with Gasteiger partial charge in [0.05, 0.1) is 20.3 Å². The summed E-state index contributed by atoms with van der Waals surface area (Å²) in [7, 11) is 2.88. The molecule has 1 aromatic rings. The Hall–Kier alpha value is -1.46. The Morgan fingerprint density at radius 2 is 1.87 bits per heavy atom. The van der Waals surface area contributed by atoms with Gasteiger partial charge in [-0.25, -0.2) is 0 Å². The van der Waals surface area contributed by atoms with E-state index < -0.39 is 6.10 Å². The van der Waals surface area contributed by atoms with Crippen LogP contribution in [-0.4, -0.2) is 31.0 Å². The number of benzene rings is 1. The quantitative estimate of drug-likeness (QED) is 0.674. The van der Waals surface area contributed by atoms with Crippen LogP contribution in [0.25, 0.3) is 0 Å². The van der Waals surface area contributed by atoms with Crippen LogP contribution in [0.2, 0.25) is 0 Å². The van der Waals surface area contributed by atoms with E-state index in [9.17, 15) is 10.2 Å². The molecule has 4 N–H and O–H groups in total. The molecular weight excluding hydrogens is 198 g/mol. The minimum absolute atomic E-state index is 0.0395. The van der Waals surface area contributed by atoms with Crippen molar-refractivity contribution in [3.63, 3.8) is 0 Å². The molecule has 84 valence electrons. The Kier molecular flexibility index (Phi) is 3.76. The topological polar surface area (TPSA) is 84.9 Å². The first-order valence-corrected chi connectivity index (χ1v) is 4.47. The molecule has 0 aliphatic rings. The van der Waals surface area contributed by atoms with E-state index in [4.69, 9.17) is 15.2 Å². The lowest BCUT2D eigenvalue weighted by Crippen LogP contribution is -2.12. The van der Waals surface area contributed by atoms with E-state index in [1.807, 2.05) is 0 Å². The Morgan fingerprint density at radius 3 is 2.33 bits per heavy atom. The lowest BCUT2D eigenvalue weighted by atomic mass is 10.1. The number of ether oxygens (including phenoxy) is 2. The molecule has 15 heavy (non-hydrogen) atoms.